The molecule has 1 aromatic heterocycles. The second-order valence-corrected chi connectivity index (χ2v) is 12.1. The number of hydrogen-bond donors (Lipinski definition) is 3. The third kappa shape index (κ3) is 4.79. The number of carboxylic acids is 1. The molecule has 206 valence electrons. The molecule has 0 bridgehead atoms. The number of carbonyl (C=O) groups is 1. The molecule has 0 radical (unpaired) electrons. The molecular formula is C31H43N3O4. The Kier molecular flexibility index (Phi) is 7.44. The van der Waals surface area contributed by atoms with Crippen LogP contribution in [0.2, 0.25) is 0 Å². The van der Waals surface area contributed by atoms with Gasteiger partial charge in [-0.1, -0.05) is 40.7 Å². The van der Waals surface area contributed by atoms with E-state index < -0.39 is 11.8 Å². The number of benzene rings is 1. The summed E-state index contributed by atoms with van der Waals surface area (Å²) in [6, 6.07) is 8.05. The number of carboxylic acid groups (broad SMARTS) is 1. The maximum atomic E-state index is 12.0. The standard InChI is InChI=1S/C31H43N3O4/c1-17-11-12-31(19(3)14-18(2)29(38-31)21(5)20(4)24-8-7-13-33-24)37-26(17)16-23-15-22-9-10-25(32-6)27(30(35)36)28(22)34-23/h7-10,13,17-21,26,29,32-33H,11-12,14-16H2,1-6H3,(H,35,36)/t17-,18+,19+,20?,21-,26+,29-,31+/m0/s1. The van der Waals surface area contributed by atoms with Crippen LogP contribution < -0.4 is 5.32 Å². The normalized spacial score (nSPS) is 32.5. The predicted octanol–water partition coefficient (Wildman–Crippen LogP) is 6.79. The number of aliphatic imine (C=N–C) groups is 1. The van der Waals surface area contributed by atoms with Gasteiger partial charge in [0.1, 0.15) is 5.56 Å². The molecule has 3 aliphatic rings. The van der Waals surface area contributed by atoms with E-state index in [-0.39, 0.29) is 17.8 Å². The summed E-state index contributed by atoms with van der Waals surface area (Å²) in [5, 5.41) is 12.8. The number of aromatic nitrogens is 1. The second-order valence-electron chi connectivity index (χ2n) is 12.1. The number of nitrogens with zero attached hydrogens (tertiary/aromatic N) is 1. The summed E-state index contributed by atoms with van der Waals surface area (Å²) in [7, 11) is 1.74. The highest BCUT2D eigenvalue weighted by molar-refractivity contribution is 6.05. The molecule has 3 aliphatic heterocycles. The number of nitrogens with one attached hydrogen (secondary N) is 2. The largest absolute Gasteiger partial charge is 0.478 e. The van der Waals surface area contributed by atoms with Crippen LogP contribution in [0.25, 0.3) is 0 Å². The Morgan fingerprint density at radius 1 is 1.21 bits per heavy atom. The fraction of sp³-hybridized carbons (Fsp3) is 0.613. The molecule has 2 aromatic rings. The molecule has 1 spiro atoms. The number of rotatable bonds is 7. The number of anilines is 1. The second kappa shape index (κ2) is 10.5. The highest BCUT2D eigenvalue weighted by Gasteiger charge is 2.52. The Morgan fingerprint density at radius 3 is 2.68 bits per heavy atom. The average Bonchev–Trinajstić information content (AvgIpc) is 3.57. The van der Waals surface area contributed by atoms with Gasteiger partial charge in [0, 0.05) is 55.7 Å². The van der Waals surface area contributed by atoms with Crippen LogP contribution in [0.4, 0.5) is 11.4 Å². The first-order valence-electron chi connectivity index (χ1n) is 14.3. The van der Waals surface area contributed by atoms with E-state index in [1.54, 1.807) is 7.05 Å². The maximum absolute atomic E-state index is 12.0. The van der Waals surface area contributed by atoms with Gasteiger partial charge in [-0.3, -0.25) is 4.99 Å². The third-order valence-corrected chi connectivity index (χ3v) is 9.57. The van der Waals surface area contributed by atoms with Crippen LogP contribution >= 0.6 is 0 Å². The molecule has 1 unspecified atom stereocenters. The van der Waals surface area contributed by atoms with Crippen molar-refractivity contribution in [3.8, 4) is 0 Å². The lowest BCUT2D eigenvalue weighted by molar-refractivity contribution is -0.357. The van der Waals surface area contributed by atoms with E-state index in [0.29, 0.717) is 53.8 Å². The number of aromatic carboxylic acids is 1. The lowest BCUT2D eigenvalue weighted by Crippen LogP contribution is -2.58. The smallest absolute Gasteiger partial charge is 0.340 e. The SMILES string of the molecule is CNc1ccc2c(c1C(=O)O)N=C(C[C@H]1O[C@]3(CC[C@@H]1C)O[C@H]([C@@H](C)C(C)c1ccc[nH]1)[C@H](C)C[C@H]3C)C2. The molecule has 7 heteroatoms. The third-order valence-electron chi connectivity index (χ3n) is 9.57. The first-order chi connectivity index (χ1) is 18.1. The summed E-state index contributed by atoms with van der Waals surface area (Å²) in [5.74, 6) is 0.297. The quantitative estimate of drug-likeness (QED) is 0.373. The Balaban J connectivity index is 1.35. The highest BCUT2D eigenvalue weighted by atomic mass is 16.7. The topological polar surface area (TPSA) is 95.9 Å². The van der Waals surface area contributed by atoms with Gasteiger partial charge in [0.05, 0.1) is 23.6 Å². The fourth-order valence-corrected chi connectivity index (χ4v) is 6.99. The summed E-state index contributed by atoms with van der Waals surface area (Å²) >= 11 is 0. The van der Waals surface area contributed by atoms with E-state index in [1.165, 1.54) is 5.69 Å². The number of aromatic amines is 1. The van der Waals surface area contributed by atoms with E-state index in [2.05, 4.69) is 57.1 Å². The summed E-state index contributed by atoms with van der Waals surface area (Å²) in [5.41, 5.74) is 4.64. The molecule has 8 atom stereocenters. The zero-order chi connectivity index (χ0) is 27.2. The molecule has 2 fully saturated rings. The number of hydrogen-bond acceptors (Lipinski definition) is 5. The fourth-order valence-electron chi connectivity index (χ4n) is 6.99. The minimum absolute atomic E-state index is 0.0125. The van der Waals surface area contributed by atoms with E-state index in [0.717, 1.165) is 30.5 Å². The van der Waals surface area contributed by atoms with Gasteiger partial charge in [-0.05, 0) is 54.4 Å². The maximum Gasteiger partial charge on any atom is 0.340 e. The van der Waals surface area contributed by atoms with E-state index in [4.69, 9.17) is 14.5 Å². The van der Waals surface area contributed by atoms with Crippen LogP contribution in [0, 0.1) is 23.7 Å². The number of ether oxygens (including phenoxy) is 2. The van der Waals surface area contributed by atoms with Crippen molar-refractivity contribution >= 4 is 23.1 Å². The van der Waals surface area contributed by atoms with Crippen LogP contribution in [0.5, 0.6) is 0 Å². The molecule has 3 N–H and O–H groups in total. The zero-order valence-electron chi connectivity index (χ0n) is 23.6. The Bertz CT molecular complexity index is 1190. The lowest BCUT2D eigenvalue weighted by Gasteiger charge is -2.54. The van der Waals surface area contributed by atoms with Gasteiger partial charge in [-0.2, -0.15) is 0 Å². The highest BCUT2D eigenvalue weighted by Crippen LogP contribution is 2.49. The molecule has 2 saturated heterocycles. The Hall–Kier alpha value is -2.64. The van der Waals surface area contributed by atoms with Crippen molar-refractivity contribution in [2.75, 3.05) is 12.4 Å². The summed E-state index contributed by atoms with van der Waals surface area (Å²) in [6.45, 7) is 11.4. The zero-order valence-corrected chi connectivity index (χ0v) is 23.6. The summed E-state index contributed by atoms with van der Waals surface area (Å²) in [4.78, 5) is 20.2. The van der Waals surface area contributed by atoms with Crippen molar-refractivity contribution < 1.29 is 19.4 Å². The molecule has 7 nitrogen and oxygen atoms in total. The predicted molar refractivity (Wildman–Crippen MR) is 151 cm³/mol. The molecular weight excluding hydrogens is 478 g/mol. The molecule has 0 aliphatic carbocycles. The minimum atomic E-state index is -0.954. The molecule has 0 saturated carbocycles. The monoisotopic (exact) mass is 521 g/mol. The minimum Gasteiger partial charge on any atom is -0.478 e. The first kappa shape index (κ1) is 26.9. The van der Waals surface area contributed by atoms with Crippen molar-refractivity contribution in [3.05, 3.63) is 47.3 Å². The van der Waals surface area contributed by atoms with Gasteiger partial charge < -0.3 is 24.9 Å². The van der Waals surface area contributed by atoms with Crippen LogP contribution in [0.15, 0.2) is 35.5 Å². The van der Waals surface area contributed by atoms with E-state index >= 15 is 0 Å². The van der Waals surface area contributed by atoms with Gasteiger partial charge in [0.2, 0.25) is 0 Å². The Morgan fingerprint density at radius 2 is 2.00 bits per heavy atom. The van der Waals surface area contributed by atoms with Crippen molar-refractivity contribution in [1.29, 1.82) is 0 Å². The molecule has 1 aromatic carbocycles. The molecule has 0 amide bonds. The summed E-state index contributed by atoms with van der Waals surface area (Å²) in [6.07, 6.45) is 6.48. The van der Waals surface area contributed by atoms with E-state index in [9.17, 15) is 9.90 Å². The average molecular weight is 522 g/mol. The molecule has 4 heterocycles. The lowest BCUT2D eigenvalue weighted by atomic mass is 9.73. The van der Waals surface area contributed by atoms with Crippen LogP contribution in [0.1, 0.15) is 87.8 Å². The first-order valence-corrected chi connectivity index (χ1v) is 14.3. The van der Waals surface area contributed by atoms with Crippen molar-refractivity contribution in [1.82, 2.24) is 4.98 Å². The van der Waals surface area contributed by atoms with Crippen molar-refractivity contribution in [2.45, 2.75) is 90.6 Å². The van der Waals surface area contributed by atoms with Crippen molar-refractivity contribution in [3.63, 3.8) is 0 Å². The van der Waals surface area contributed by atoms with E-state index in [1.807, 2.05) is 18.3 Å². The van der Waals surface area contributed by atoms with Crippen molar-refractivity contribution in [2.24, 2.45) is 28.7 Å². The number of H-pyrrole nitrogens is 1. The van der Waals surface area contributed by atoms with Gasteiger partial charge >= 0.3 is 5.97 Å². The van der Waals surface area contributed by atoms with Crippen LogP contribution in [-0.4, -0.2) is 46.8 Å². The Labute approximate surface area is 226 Å². The number of fused-ring (bicyclic) bond motifs is 1. The van der Waals surface area contributed by atoms with Crippen LogP contribution in [0.3, 0.4) is 0 Å². The van der Waals surface area contributed by atoms with Gasteiger partial charge in [-0.25, -0.2) is 4.79 Å². The summed E-state index contributed by atoms with van der Waals surface area (Å²) < 4.78 is 14.0. The van der Waals surface area contributed by atoms with Gasteiger partial charge in [0.15, 0.2) is 5.79 Å². The van der Waals surface area contributed by atoms with Crippen LogP contribution in [-0.2, 0) is 15.9 Å². The van der Waals surface area contributed by atoms with Gasteiger partial charge in [0.25, 0.3) is 0 Å². The molecule has 38 heavy (non-hydrogen) atoms. The molecule has 5 rings (SSSR count). The van der Waals surface area contributed by atoms with Gasteiger partial charge in [-0.15, -0.1) is 0 Å².